The number of ether oxygens (including phenoxy) is 2. The van der Waals surface area contributed by atoms with Gasteiger partial charge in [0.05, 0.1) is 29.1 Å². The van der Waals surface area contributed by atoms with Gasteiger partial charge < -0.3 is 19.9 Å². The molecule has 2 aromatic carbocycles. The van der Waals surface area contributed by atoms with Crippen LogP contribution in [-0.4, -0.2) is 28.1 Å². The first-order valence-electron chi connectivity index (χ1n) is 9.70. The van der Waals surface area contributed by atoms with E-state index in [1.807, 2.05) is 0 Å². The molecule has 0 radical (unpaired) electrons. The summed E-state index contributed by atoms with van der Waals surface area (Å²) in [6.45, 7) is 3.61. The number of carboxylic acids is 1. The van der Waals surface area contributed by atoms with Crippen LogP contribution in [0, 0.1) is 0 Å². The molecule has 0 fully saturated rings. The molecule has 0 spiro atoms. The molecule has 0 aliphatic carbocycles. The van der Waals surface area contributed by atoms with Crippen LogP contribution in [0.1, 0.15) is 40.3 Å². The fourth-order valence-electron chi connectivity index (χ4n) is 2.77. The molecule has 172 valence electrons. The number of aromatic nitrogens is 1. The fourth-order valence-corrected chi connectivity index (χ4v) is 2.77. The lowest BCUT2D eigenvalue weighted by Crippen LogP contribution is -2.16. The largest absolute Gasteiger partial charge is 0.487 e. The van der Waals surface area contributed by atoms with Gasteiger partial charge in [-0.25, -0.2) is 9.78 Å². The first kappa shape index (κ1) is 23.6. The number of carboxylic acid groups (broad SMARTS) is 1. The van der Waals surface area contributed by atoms with Crippen LogP contribution in [0.25, 0.3) is 0 Å². The van der Waals surface area contributed by atoms with Crippen molar-refractivity contribution in [3.8, 4) is 17.2 Å². The number of anilines is 1. The van der Waals surface area contributed by atoms with Gasteiger partial charge >= 0.3 is 12.1 Å². The van der Waals surface area contributed by atoms with Gasteiger partial charge in [-0.05, 0) is 56.3 Å². The van der Waals surface area contributed by atoms with Crippen LogP contribution in [0.2, 0.25) is 0 Å². The molecule has 0 saturated carbocycles. The summed E-state index contributed by atoms with van der Waals surface area (Å²) in [6, 6.07) is 11.5. The third-order valence-corrected chi connectivity index (χ3v) is 4.22. The highest BCUT2D eigenvalue weighted by Crippen LogP contribution is 2.37. The Bertz CT molecular complexity index is 1160. The highest BCUT2D eigenvalue weighted by molar-refractivity contribution is 6.06. The average Bonchev–Trinajstić information content (AvgIpc) is 2.74. The molecule has 3 aromatic rings. The van der Waals surface area contributed by atoms with Crippen LogP contribution >= 0.6 is 0 Å². The van der Waals surface area contributed by atoms with Gasteiger partial charge in [-0.3, -0.25) is 4.79 Å². The summed E-state index contributed by atoms with van der Waals surface area (Å²) in [6.07, 6.45) is -3.79. The van der Waals surface area contributed by atoms with Gasteiger partial charge in [0.1, 0.15) is 11.4 Å². The smallest absolute Gasteiger partial charge is 0.416 e. The predicted molar refractivity (Wildman–Crippen MR) is 113 cm³/mol. The van der Waals surface area contributed by atoms with Crippen molar-refractivity contribution in [3.05, 3.63) is 77.6 Å². The first-order valence-corrected chi connectivity index (χ1v) is 9.70. The summed E-state index contributed by atoms with van der Waals surface area (Å²) in [5.74, 6) is -1.72. The maximum Gasteiger partial charge on any atom is 0.416 e. The number of hydrogen-bond donors (Lipinski definition) is 2. The summed E-state index contributed by atoms with van der Waals surface area (Å²) in [4.78, 5) is 27.4. The van der Waals surface area contributed by atoms with Gasteiger partial charge in [-0.1, -0.05) is 12.1 Å². The first-order chi connectivity index (χ1) is 15.5. The van der Waals surface area contributed by atoms with Gasteiger partial charge in [0.2, 0.25) is 0 Å². The van der Waals surface area contributed by atoms with E-state index >= 15 is 0 Å². The van der Waals surface area contributed by atoms with Crippen molar-refractivity contribution in [1.82, 2.24) is 4.98 Å². The molecule has 7 nitrogen and oxygen atoms in total. The normalized spacial score (nSPS) is 11.2. The number of carbonyl (C=O) groups is 2. The SMILES string of the molecule is CC(C)Oc1ccccc1Oc1ccc(C(F)(F)F)cc1C(=O)Nc1ccc(C(=O)O)nc1. The van der Waals surface area contributed by atoms with Crippen molar-refractivity contribution >= 4 is 17.6 Å². The maximum atomic E-state index is 13.3. The Labute approximate surface area is 186 Å². The standard InChI is InChI=1S/C23H19F3N2O5/c1-13(2)32-19-5-3-4-6-20(19)33-18-10-7-14(23(24,25)26)11-16(18)21(29)28-15-8-9-17(22(30)31)27-12-15/h3-13H,1-2H3,(H,28,29)(H,30,31). The molecule has 10 heteroatoms. The van der Waals surface area contributed by atoms with E-state index in [4.69, 9.17) is 14.6 Å². The molecule has 0 atom stereocenters. The number of amides is 1. The molecule has 3 rings (SSSR count). The van der Waals surface area contributed by atoms with Crippen molar-refractivity contribution in [2.24, 2.45) is 0 Å². The molecule has 0 saturated heterocycles. The van der Waals surface area contributed by atoms with E-state index in [1.54, 1.807) is 38.1 Å². The van der Waals surface area contributed by atoms with Crippen molar-refractivity contribution in [3.63, 3.8) is 0 Å². The second-order valence-electron chi connectivity index (χ2n) is 7.12. The second kappa shape index (κ2) is 9.60. The number of benzene rings is 2. The molecule has 1 aromatic heterocycles. The lowest BCUT2D eigenvalue weighted by Gasteiger charge is -2.17. The number of pyridine rings is 1. The molecule has 2 N–H and O–H groups in total. The van der Waals surface area contributed by atoms with E-state index in [2.05, 4.69) is 10.3 Å². The number of nitrogens with one attached hydrogen (secondary N) is 1. The molecule has 33 heavy (non-hydrogen) atoms. The Kier molecular flexibility index (Phi) is 6.86. The molecule has 1 amide bonds. The van der Waals surface area contributed by atoms with Gasteiger partial charge in [0.25, 0.3) is 5.91 Å². The van der Waals surface area contributed by atoms with Crippen LogP contribution < -0.4 is 14.8 Å². The number of alkyl halides is 3. The third kappa shape index (κ3) is 6.00. The van der Waals surface area contributed by atoms with Crippen molar-refractivity contribution < 1.29 is 37.3 Å². The van der Waals surface area contributed by atoms with Crippen molar-refractivity contribution in [1.29, 1.82) is 0 Å². The Hall–Kier alpha value is -4.08. The molecule has 0 aliphatic rings. The van der Waals surface area contributed by atoms with Crippen molar-refractivity contribution in [2.75, 3.05) is 5.32 Å². The highest BCUT2D eigenvalue weighted by Gasteiger charge is 2.32. The lowest BCUT2D eigenvalue weighted by atomic mass is 10.1. The molecule has 0 bridgehead atoms. The Balaban J connectivity index is 1.97. The zero-order valence-electron chi connectivity index (χ0n) is 17.5. The quantitative estimate of drug-likeness (QED) is 0.474. The van der Waals surface area contributed by atoms with E-state index in [9.17, 15) is 22.8 Å². The van der Waals surface area contributed by atoms with Crippen LogP contribution in [0.5, 0.6) is 17.2 Å². The number of halogens is 3. The summed E-state index contributed by atoms with van der Waals surface area (Å²) >= 11 is 0. The van der Waals surface area contributed by atoms with E-state index in [-0.39, 0.29) is 34.5 Å². The minimum atomic E-state index is -4.68. The average molecular weight is 460 g/mol. The van der Waals surface area contributed by atoms with E-state index in [0.717, 1.165) is 24.4 Å². The van der Waals surface area contributed by atoms with Crippen LogP contribution in [0.3, 0.4) is 0 Å². The Morgan fingerprint density at radius 2 is 1.70 bits per heavy atom. The van der Waals surface area contributed by atoms with Gasteiger partial charge in [-0.2, -0.15) is 13.2 Å². The van der Waals surface area contributed by atoms with Gasteiger partial charge in [0.15, 0.2) is 11.5 Å². The molecule has 0 aliphatic heterocycles. The summed E-state index contributed by atoms with van der Waals surface area (Å²) in [5.41, 5.74) is -1.58. The maximum absolute atomic E-state index is 13.3. The summed E-state index contributed by atoms with van der Waals surface area (Å²) < 4.78 is 51.3. The Morgan fingerprint density at radius 3 is 2.27 bits per heavy atom. The zero-order chi connectivity index (χ0) is 24.2. The Morgan fingerprint density at radius 1 is 1.00 bits per heavy atom. The highest BCUT2D eigenvalue weighted by atomic mass is 19.4. The van der Waals surface area contributed by atoms with Crippen LogP contribution in [0.4, 0.5) is 18.9 Å². The fraction of sp³-hybridized carbons (Fsp3) is 0.174. The number of aromatic carboxylic acids is 1. The van der Waals surface area contributed by atoms with E-state index in [0.29, 0.717) is 11.8 Å². The molecular weight excluding hydrogens is 441 g/mol. The van der Waals surface area contributed by atoms with E-state index in [1.165, 1.54) is 6.07 Å². The molecule has 1 heterocycles. The molecule has 0 unspecified atom stereocenters. The van der Waals surface area contributed by atoms with E-state index < -0.39 is 23.6 Å². The third-order valence-electron chi connectivity index (χ3n) is 4.22. The number of nitrogens with zero attached hydrogens (tertiary/aromatic N) is 1. The summed E-state index contributed by atoms with van der Waals surface area (Å²) in [5, 5.41) is 11.3. The zero-order valence-corrected chi connectivity index (χ0v) is 17.5. The minimum absolute atomic E-state index is 0.0944. The number of carbonyl (C=O) groups excluding carboxylic acids is 1. The monoisotopic (exact) mass is 460 g/mol. The van der Waals surface area contributed by atoms with Crippen LogP contribution in [0.15, 0.2) is 60.8 Å². The van der Waals surface area contributed by atoms with Gasteiger partial charge in [0, 0.05) is 0 Å². The molecular formula is C23H19F3N2O5. The second-order valence-corrected chi connectivity index (χ2v) is 7.12. The number of para-hydroxylation sites is 2. The minimum Gasteiger partial charge on any atom is -0.487 e. The lowest BCUT2D eigenvalue weighted by molar-refractivity contribution is -0.137. The summed E-state index contributed by atoms with van der Waals surface area (Å²) in [7, 11) is 0. The number of rotatable bonds is 7. The van der Waals surface area contributed by atoms with Crippen LogP contribution in [-0.2, 0) is 6.18 Å². The van der Waals surface area contributed by atoms with Gasteiger partial charge in [-0.15, -0.1) is 0 Å². The number of hydrogen-bond acceptors (Lipinski definition) is 5. The van der Waals surface area contributed by atoms with Crippen molar-refractivity contribution in [2.45, 2.75) is 26.1 Å². The predicted octanol–water partition coefficient (Wildman–Crippen LogP) is 5.63. The topological polar surface area (TPSA) is 97.8 Å².